The van der Waals surface area contributed by atoms with Crippen molar-refractivity contribution in [3.8, 4) is 11.3 Å². The Morgan fingerprint density at radius 2 is 1.96 bits per heavy atom. The van der Waals surface area contributed by atoms with Gasteiger partial charge in [-0.05, 0) is 18.2 Å². The first kappa shape index (κ1) is 17.0. The van der Waals surface area contributed by atoms with Gasteiger partial charge in [0.2, 0.25) is 0 Å². The number of rotatable bonds is 3. The highest BCUT2D eigenvalue weighted by molar-refractivity contribution is 6.43. The normalized spacial score (nSPS) is 14.5. The summed E-state index contributed by atoms with van der Waals surface area (Å²) in [7, 11) is 1.60. The van der Waals surface area contributed by atoms with Crippen LogP contribution < -0.4 is 10.2 Å². The first-order chi connectivity index (χ1) is 11.6. The molecule has 1 aromatic heterocycles. The molecular formula is C17H17Cl2N3O2. The fourth-order valence-corrected chi connectivity index (χ4v) is 3.03. The lowest BCUT2D eigenvalue weighted by Gasteiger charge is -2.29. The number of carbonyl (C=O) groups is 1. The Morgan fingerprint density at radius 1 is 1.21 bits per heavy atom. The number of nitrogens with one attached hydrogen (secondary N) is 1. The molecule has 1 aliphatic rings. The van der Waals surface area contributed by atoms with E-state index in [4.69, 9.17) is 32.9 Å². The van der Waals surface area contributed by atoms with Crippen LogP contribution in [0.1, 0.15) is 10.4 Å². The molecule has 0 aliphatic carbocycles. The average Bonchev–Trinajstić information content (AvgIpc) is 2.63. The quantitative estimate of drug-likeness (QED) is 0.906. The molecule has 2 heterocycles. The van der Waals surface area contributed by atoms with Gasteiger partial charge < -0.3 is 15.0 Å². The van der Waals surface area contributed by atoms with Crippen LogP contribution >= 0.6 is 23.2 Å². The van der Waals surface area contributed by atoms with Crippen molar-refractivity contribution in [3.05, 3.63) is 45.9 Å². The number of benzene rings is 1. The standard InChI is InChI=1S/C17H17Cl2N3O2/c1-20-17(23)12-5-6-14(11-3-2-4-13(18)15(11)19)21-16(12)22-7-9-24-10-8-22/h2-6H,7-10H2,1H3,(H,20,23). The molecule has 0 atom stereocenters. The summed E-state index contributed by atoms with van der Waals surface area (Å²) >= 11 is 12.4. The maximum Gasteiger partial charge on any atom is 0.254 e. The Kier molecular flexibility index (Phi) is 5.23. The van der Waals surface area contributed by atoms with Crippen molar-refractivity contribution in [1.82, 2.24) is 10.3 Å². The predicted octanol–water partition coefficient (Wildman–Crippen LogP) is 3.25. The molecule has 0 bridgehead atoms. The molecule has 3 rings (SSSR count). The Bertz CT molecular complexity index is 761. The summed E-state index contributed by atoms with van der Waals surface area (Å²) in [6.07, 6.45) is 0. The van der Waals surface area contributed by atoms with Crippen LogP contribution in [-0.2, 0) is 4.74 Å². The molecule has 1 amide bonds. The minimum Gasteiger partial charge on any atom is -0.378 e. The van der Waals surface area contributed by atoms with Crippen LogP contribution in [0.5, 0.6) is 0 Å². The molecule has 126 valence electrons. The van der Waals surface area contributed by atoms with Crippen molar-refractivity contribution < 1.29 is 9.53 Å². The summed E-state index contributed by atoms with van der Waals surface area (Å²) in [5.41, 5.74) is 1.94. The van der Waals surface area contributed by atoms with Crippen molar-refractivity contribution in [2.45, 2.75) is 0 Å². The van der Waals surface area contributed by atoms with E-state index in [0.29, 0.717) is 53.4 Å². The summed E-state index contributed by atoms with van der Waals surface area (Å²) < 4.78 is 5.39. The van der Waals surface area contributed by atoms with Gasteiger partial charge in [0.25, 0.3) is 5.91 Å². The van der Waals surface area contributed by atoms with Gasteiger partial charge in [-0.3, -0.25) is 4.79 Å². The van der Waals surface area contributed by atoms with Crippen molar-refractivity contribution in [1.29, 1.82) is 0 Å². The van der Waals surface area contributed by atoms with E-state index in [-0.39, 0.29) is 5.91 Å². The predicted molar refractivity (Wildman–Crippen MR) is 96.1 cm³/mol. The second kappa shape index (κ2) is 7.38. The van der Waals surface area contributed by atoms with Gasteiger partial charge in [0.15, 0.2) is 0 Å². The number of aromatic nitrogens is 1. The number of anilines is 1. The summed E-state index contributed by atoms with van der Waals surface area (Å²) in [6.45, 7) is 2.58. The molecule has 0 radical (unpaired) electrons. The molecule has 0 saturated carbocycles. The lowest BCUT2D eigenvalue weighted by Crippen LogP contribution is -2.38. The Labute approximate surface area is 150 Å². The Hall–Kier alpha value is -1.82. The summed E-state index contributed by atoms with van der Waals surface area (Å²) in [5, 5.41) is 3.58. The average molecular weight is 366 g/mol. The van der Waals surface area contributed by atoms with Crippen LogP contribution in [0.2, 0.25) is 10.0 Å². The van der Waals surface area contributed by atoms with E-state index in [9.17, 15) is 4.79 Å². The van der Waals surface area contributed by atoms with Gasteiger partial charge in [-0.15, -0.1) is 0 Å². The highest BCUT2D eigenvalue weighted by Crippen LogP contribution is 2.34. The number of hydrogen-bond acceptors (Lipinski definition) is 4. The van der Waals surface area contributed by atoms with Gasteiger partial charge in [-0.2, -0.15) is 0 Å². The number of nitrogens with zero attached hydrogens (tertiary/aromatic N) is 2. The molecular weight excluding hydrogens is 349 g/mol. The highest BCUT2D eigenvalue weighted by Gasteiger charge is 2.21. The van der Waals surface area contributed by atoms with Gasteiger partial charge in [0.1, 0.15) is 5.82 Å². The van der Waals surface area contributed by atoms with Crippen LogP contribution in [0, 0.1) is 0 Å². The van der Waals surface area contributed by atoms with E-state index in [2.05, 4.69) is 10.2 Å². The van der Waals surface area contributed by atoms with Gasteiger partial charge in [-0.25, -0.2) is 4.98 Å². The molecule has 1 saturated heterocycles. The third kappa shape index (κ3) is 3.34. The monoisotopic (exact) mass is 365 g/mol. The van der Waals surface area contributed by atoms with Gasteiger partial charge in [-0.1, -0.05) is 35.3 Å². The molecule has 0 unspecified atom stereocenters. The number of halogens is 2. The minimum atomic E-state index is -0.173. The molecule has 1 aliphatic heterocycles. The Balaban J connectivity index is 2.09. The number of morpholine rings is 1. The number of hydrogen-bond donors (Lipinski definition) is 1. The van der Waals surface area contributed by atoms with Crippen LogP contribution in [0.15, 0.2) is 30.3 Å². The second-order valence-electron chi connectivity index (χ2n) is 5.35. The topological polar surface area (TPSA) is 54.5 Å². The van der Waals surface area contributed by atoms with Crippen molar-refractivity contribution in [2.75, 3.05) is 38.3 Å². The third-order valence-electron chi connectivity index (χ3n) is 3.88. The first-order valence-corrected chi connectivity index (χ1v) is 8.37. The number of carbonyl (C=O) groups excluding carboxylic acids is 1. The van der Waals surface area contributed by atoms with E-state index >= 15 is 0 Å². The van der Waals surface area contributed by atoms with Crippen LogP contribution in [0.3, 0.4) is 0 Å². The lowest BCUT2D eigenvalue weighted by atomic mass is 10.1. The summed E-state index contributed by atoms with van der Waals surface area (Å²) in [6, 6.07) is 8.97. The zero-order valence-corrected chi connectivity index (χ0v) is 14.7. The fraction of sp³-hybridized carbons (Fsp3) is 0.294. The first-order valence-electron chi connectivity index (χ1n) is 7.62. The van der Waals surface area contributed by atoms with Crippen molar-refractivity contribution >= 4 is 34.9 Å². The number of amides is 1. The molecule has 5 nitrogen and oxygen atoms in total. The molecule has 7 heteroatoms. The molecule has 0 spiro atoms. The van der Waals surface area contributed by atoms with E-state index in [1.165, 1.54) is 0 Å². The minimum absolute atomic E-state index is 0.173. The molecule has 2 aromatic rings. The lowest BCUT2D eigenvalue weighted by molar-refractivity contribution is 0.0961. The molecule has 1 aromatic carbocycles. The number of ether oxygens (including phenoxy) is 1. The fourth-order valence-electron chi connectivity index (χ4n) is 2.63. The SMILES string of the molecule is CNC(=O)c1ccc(-c2cccc(Cl)c2Cl)nc1N1CCOCC1. The molecule has 1 fully saturated rings. The zero-order chi connectivity index (χ0) is 17.1. The van der Waals surface area contributed by atoms with Crippen LogP contribution in [0.4, 0.5) is 5.82 Å². The zero-order valence-electron chi connectivity index (χ0n) is 13.2. The van der Waals surface area contributed by atoms with E-state index in [1.54, 1.807) is 25.2 Å². The third-order valence-corrected chi connectivity index (χ3v) is 4.70. The summed E-state index contributed by atoms with van der Waals surface area (Å²) in [5.74, 6) is 0.457. The number of pyridine rings is 1. The van der Waals surface area contributed by atoms with E-state index < -0.39 is 0 Å². The summed E-state index contributed by atoms with van der Waals surface area (Å²) in [4.78, 5) is 18.9. The van der Waals surface area contributed by atoms with Crippen LogP contribution in [0.25, 0.3) is 11.3 Å². The van der Waals surface area contributed by atoms with Crippen LogP contribution in [-0.4, -0.2) is 44.2 Å². The van der Waals surface area contributed by atoms with E-state index in [0.717, 1.165) is 5.56 Å². The maximum atomic E-state index is 12.2. The van der Waals surface area contributed by atoms with Crippen molar-refractivity contribution in [3.63, 3.8) is 0 Å². The largest absolute Gasteiger partial charge is 0.378 e. The maximum absolute atomic E-state index is 12.2. The second-order valence-corrected chi connectivity index (χ2v) is 6.13. The van der Waals surface area contributed by atoms with Gasteiger partial charge in [0, 0.05) is 25.7 Å². The van der Waals surface area contributed by atoms with Crippen molar-refractivity contribution in [2.24, 2.45) is 0 Å². The molecule has 1 N–H and O–H groups in total. The highest BCUT2D eigenvalue weighted by atomic mass is 35.5. The smallest absolute Gasteiger partial charge is 0.254 e. The van der Waals surface area contributed by atoms with Gasteiger partial charge >= 0.3 is 0 Å². The van der Waals surface area contributed by atoms with E-state index in [1.807, 2.05) is 12.1 Å². The molecule has 24 heavy (non-hydrogen) atoms. The van der Waals surface area contributed by atoms with Gasteiger partial charge in [0.05, 0.1) is 34.5 Å². The Morgan fingerprint density at radius 3 is 2.67 bits per heavy atom.